The summed E-state index contributed by atoms with van der Waals surface area (Å²) in [5, 5.41) is 3.65. The van der Waals surface area contributed by atoms with Crippen molar-refractivity contribution in [1.82, 2.24) is 15.3 Å². The van der Waals surface area contributed by atoms with Gasteiger partial charge in [-0.05, 0) is 42.5 Å². The van der Waals surface area contributed by atoms with Gasteiger partial charge in [-0.2, -0.15) is 0 Å². The van der Waals surface area contributed by atoms with Gasteiger partial charge in [0, 0.05) is 10.5 Å². The number of hydrogen-bond donors (Lipinski definition) is 3. The van der Waals surface area contributed by atoms with E-state index >= 15 is 0 Å². The van der Waals surface area contributed by atoms with Gasteiger partial charge in [0.15, 0.2) is 0 Å². The van der Waals surface area contributed by atoms with Gasteiger partial charge in [0.25, 0.3) is 0 Å². The number of aromatic nitrogens is 2. The van der Waals surface area contributed by atoms with Crippen LogP contribution in [0.4, 0.5) is 0 Å². The molecular weight excluding hydrogens is 330 g/mol. The second kappa shape index (κ2) is 5.97. The molecule has 1 saturated carbocycles. The molecule has 0 amide bonds. The summed E-state index contributed by atoms with van der Waals surface area (Å²) in [6.07, 6.45) is 3.90. The van der Waals surface area contributed by atoms with Crippen LogP contribution in [0.1, 0.15) is 44.7 Å². The van der Waals surface area contributed by atoms with E-state index in [2.05, 4.69) is 51.1 Å². The SMILES string of the molecule is CCNC(c1cc2[nH]c(=O)[nH]c2cc1Br)C1CCCC1C. The summed E-state index contributed by atoms with van der Waals surface area (Å²) >= 11 is 3.69. The fourth-order valence-electron chi connectivity index (χ4n) is 3.69. The molecule has 1 fully saturated rings. The highest BCUT2D eigenvalue weighted by Gasteiger charge is 2.32. The van der Waals surface area contributed by atoms with Gasteiger partial charge in [0.2, 0.25) is 0 Å². The highest BCUT2D eigenvalue weighted by Crippen LogP contribution is 2.42. The Morgan fingerprint density at radius 1 is 1.33 bits per heavy atom. The number of imidazole rings is 1. The average molecular weight is 352 g/mol. The van der Waals surface area contributed by atoms with Crippen LogP contribution >= 0.6 is 15.9 Å². The molecule has 0 spiro atoms. The van der Waals surface area contributed by atoms with Crippen molar-refractivity contribution in [1.29, 1.82) is 0 Å². The van der Waals surface area contributed by atoms with E-state index in [0.717, 1.165) is 28.0 Å². The van der Waals surface area contributed by atoms with Crippen LogP contribution < -0.4 is 11.0 Å². The van der Waals surface area contributed by atoms with Crippen molar-refractivity contribution in [2.45, 2.75) is 39.2 Å². The van der Waals surface area contributed by atoms with Gasteiger partial charge < -0.3 is 15.3 Å². The van der Waals surface area contributed by atoms with E-state index in [0.29, 0.717) is 12.0 Å². The molecule has 3 N–H and O–H groups in total. The Bertz CT molecular complexity index is 690. The predicted octanol–water partition coefficient (Wildman–Crippen LogP) is 3.71. The Morgan fingerprint density at radius 2 is 2.05 bits per heavy atom. The lowest BCUT2D eigenvalue weighted by Crippen LogP contribution is -2.30. The molecule has 0 aliphatic heterocycles. The first-order valence-corrected chi connectivity index (χ1v) is 8.54. The molecule has 3 rings (SSSR count). The highest BCUT2D eigenvalue weighted by molar-refractivity contribution is 9.10. The minimum atomic E-state index is -0.150. The first kappa shape index (κ1) is 14.9. The normalized spacial score (nSPS) is 23.8. The van der Waals surface area contributed by atoms with Gasteiger partial charge in [-0.15, -0.1) is 0 Å². The molecule has 0 bridgehead atoms. The Hall–Kier alpha value is -1.07. The first-order valence-electron chi connectivity index (χ1n) is 7.75. The standard InChI is InChI=1S/C16H22BrN3O/c1-3-18-15(10-6-4-5-9(10)2)11-7-13-14(8-12(11)17)20-16(21)19-13/h7-10,15,18H,3-6H2,1-2H3,(H2,19,20,21). The monoisotopic (exact) mass is 351 g/mol. The van der Waals surface area contributed by atoms with E-state index < -0.39 is 0 Å². The number of rotatable bonds is 4. The summed E-state index contributed by atoms with van der Waals surface area (Å²) in [5.74, 6) is 1.39. The van der Waals surface area contributed by atoms with Crippen LogP contribution in [-0.2, 0) is 0 Å². The van der Waals surface area contributed by atoms with Crippen LogP contribution in [0, 0.1) is 11.8 Å². The molecule has 4 nitrogen and oxygen atoms in total. The van der Waals surface area contributed by atoms with Crippen LogP contribution in [0.5, 0.6) is 0 Å². The summed E-state index contributed by atoms with van der Waals surface area (Å²) in [7, 11) is 0. The molecule has 3 atom stereocenters. The van der Waals surface area contributed by atoms with Crippen molar-refractivity contribution in [2.75, 3.05) is 6.54 Å². The Morgan fingerprint density at radius 3 is 2.67 bits per heavy atom. The molecule has 1 aliphatic rings. The molecule has 1 aromatic carbocycles. The Labute approximate surface area is 132 Å². The average Bonchev–Trinajstić information content (AvgIpc) is 3.00. The van der Waals surface area contributed by atoms with Crippen LogP contribution in [0.15, 0.2) is 21.4 Å². The van der Waals surface area contributed by atoms with Crippen LogP contribution in [0.3, 0.4) is 0 Å². The van der Waals surface area contributed by atoms with Gasteiger partial charge in [-0.3, -0.25) is 0 Å². The van der Waals surface area contributed by atoms with Crippen molar-refractivity contribution in [2.24, 2.45) is 11.8 Å². The zero-order valence-electron chi connectivity index (χ0n) is 12.5. The second-order valence-corrected chi connectivity index (χ2v) is 6.96. The van der Waals surface area contributed by atoms with Gasteiger partial charge in [-0.1, -0.05) is 42.6 Å². The second-order valence-electron chi connectivity index (χ2n) is 6.11. The summed E-state index contributed by atoms with van der Waals surface area (Å²) in [5.41, 5.74) is 2.83. The number of benzene rings is 1. The third kappa shape index (κ3) is 2.81. The van der Waals surface area contributed by atoms with Crippen LogP contribution in [0.2, 0.25) is 0 Å². The van der Waals surface area contributed by atoms with Crippen molar-refractivity contribution >= 4 is 27.0 Å². The van der Waals surface area contributed by atoms with E-state index in [4.69, 9.17) is 0 Å². The molecule has 3 unspecified atom stereocenters. The lowest BCUT2D eigenvalue weighted by Gasteiger charge is -2.29. The van der Waals surface area contributed by atoms with E-state index in [-0.39, 0.29) is 5.69 Å². The molecule has 1 heterocycles. The number of fused-ring (bicyclic) bond motifs is 1. The fourth-order valence-corrected chi connectivity index (χ4v) is 4.28. The first-order chi connectivity index (χ1) is 10.1. The molecule has 1 aromatic heterocycles. The highest BCUT2D eigenvalue weighted by atomic mass is 79.9. The predicted molar refractivity (Wildman–Crippen MR) is 89.5 cm³/mol. The largest absolute Gasteiger partial charge is 0.323 e. The molecule has 0 saturated heterocycles. The molecule has 2 aromatic rings. The van der Waals surface area contributed by atoms with Crippen molar-refractivity contribution in [3.05, 3.63) is 32.7 Å². The minimum Gasteiger partial charge on any atom is -0.310 e. The topological polar surface area (TPSA) is 60.7 Å². The zero-order chi connectivity index (χ0) is 15.0. The number of halogens is 1. The maximum absolute atomic E-state index is 11.5. The smallest absolute Gasteiger partial charge is 0.310 e. The summed E-state index contributed by atoms with van der Waals surface area (Å²) in [4.78, 5) is 17.2. The van der Waals surface area contributed by atoms with E-state index in [9.17, 15) is 4.79 Å². The number of aromatic amines is 2. The molecular formula is C16H22BrN3O. The molecule has 0 radical (unpaired) electrons. The van der Waals surface area contributed by atoms with Crippen molar-refractivity contribution < 1.29 is 0 Å². The lowest BCUT2D eigenvalue weighted by molar-refractivity contribution is 0.305. The van der Waals surface area contributed by atoms with Gasteiger partial charge in [0.1, 0.15) is 0 Å². The van der Waals surface area contributed by atoms with Crippen molar-refractivity contribution in [3.8, 4) is 0 Å². The van der Waals surface area contributed by atoms with E-state index in [1.807, 2.05) is 6.07 Å². The van der Waals surface area contributed by atoms with E-state index in [1.54, 1.807) is 0 Å². The van der Waals surface area contributed by atoms with E-state index in [1.165, 1.54) is 24.8 Å². The minimum absolute atomic E-state index is 0.150. The Kier molecular flexibility index (Phi) is 4.22. The fraction of sp³-hybridized carbons (Fsp3) is 0.562. The van der Waals surface area contributed by atoms with Gasteiger partial charge in [-0.25, -0.2) is 4.79 Å². The van der Waals surface area contributed by atoms with Crippen molar-refractivity contribution in [3.63, 3.8) is 0 Å². The van der Waals surface area contributed by atoms with Gasteiger partial charge >= 0.3 is 5.69 Å². The lowest BCUT2D eigenvalue weighted by atomic mass is 9.85. The summed E-state index contributed by atoms with van der Waals surface area (Å²) in [6.45, 7) is 5.45. The maximum atomic E-state index is 11.5. The van der Waals surface area contributed by atoms with Crippen LogP contribution in [0.25, 0.3) is 11.0 Å². The van der Waals surface area contributed by atoms with Crippen LogP contribution in [-0.4, -0.2) is 16.5 Å². The summed E-state index contributed by atoms with van der Waals surface area (Å²) < 4.78 is 1.07. The molecule has 1 aliphatic carbocycles. The zero-order valence-corrected chi connectivity index (χ0v) is 14.1. The molecule has 21 heavy (non-hydrogen) atoms. The van der Waals surface area contributed by atoms with Gasteiger partial charge in [0.05, 0.1) is 11.0 Å². The quantitative estimate of drug-likeness (QED) is 0.786. The maximum Gasteiger partial charge on any atom is 0.323 e. The number of nitrogens with one attached hydrogen (secondary N) is 3. The molecule has 114 valence electrons. The number of H-pyrrole nitrogens is 2. The molecule has 5 heteroatoms. The Balaban J connectivity index is 2.05. The summed E-state index contributed by atoms with van der Waals surface area (Å²) in [6, 6.07) is 4.45. The number of hydrogen-bond acceptors (Lipinski definition) is 2. The third-order valence-electron chi connectivity index (χ3n) is 4.75. The third-order valence-corrected chi connectivity index (χ3v) is 5.44.